The van der Waals surface area contributed by atoms with Crippen LogP contribution >= 0.6 is 23.2 Å². The summed E-state index contributed by atoms with van der Waals surface area (Å²) in [6.07, 6.45) is 3.67. The highest BCUT2D eigenvalue weighted by molar-refractivity contribution is 6.44. The molecule has 1 aromatic carbocycles. The lowest BCUT2D eigenvalue weighted by Gasteiger charge is -2.36. The molecule has 0 atom stereocenters. The highest BCUT2D eigenvalue weighted by Gasteiger charge is 2.39. The van der Waals surface area contributed by atoms with Crippen LogP contribution in [0.25, 0.3) is 0 Å². The number of halogens is 2. The minimum absolute atomic E-state index is 0.156. The molecule has 1 fully saturated rings. The summed E-state index contributed by atoms with van der Waals surface area (Å²) in [5.74, 6) is 0.156. The largest absolute Gasteiger partial charge is 0.317 e. The summed E-state index contributed by atoms with van der Waals surface area (Å²) in [4.78, 5) is 12.9. The second-order valence-electron chi connectivity index (χ2n) is 5.21. The van der Waals surface area contributed by atoms with E-state index in [-0.39, 0.29) is 11.2 Å². The molecule has 2 nitrogen and oxygen atoms in total. The molecular formula is C15H19Cl2NO. The van der Waals surface area contributed by atoms with Gasteiger partial charge in [0.15, 0.2) is 5.78 Å². The summed E-state index contributed by atoms with van der Waals surface area (Å²) in [5.41, 5.74) is 0.304. The molecule has 1 aliphatic rings. The van der Waals surface area contributed by atoms with Gasteiger partial charge in [0, 0.05) is 11.0 Å². The number of ketones is 1. The standard InChI is InChI=1S/C15H19Cl2NO/c1-2-6-15(7-9-18-10-8-15)14(19)11-4-3-5-12(16)13(11)17/h3-5,18H,2,6-10H2,1H3. The van der Waals surface area contributed by atoms with Crippen LogP contribution in [0.5, 0.6) is 0 Å². The molecule has 1 heterocycles. The minimum atomic E-state index is -0.270. The molecule has 1 saturated heterocycles. The maximum atomic E-state index is 12.9. The first kappa shape index (κ1) is 14.8. The topological polar surface area (TPSA) is 29.1 Å². The van der Waals surface area contributed by atoms with Crippen molar-refractivity contribution >= 4 is 29.0 Å². The molecule has 0 aromatic heterocycles. The van der Waals surface area contributed by atoms with Crippen molar-refractivity contribution in [3.63, 3.8) is 0 Å². The Balaban J connectivity index is 2.36. The molecule has 0 radical (unpaired) electrons. The summed E-state index contributed by atoms with van der Waals surface area (Å²) >= 11 is 12.2. The van der Waals surface area contributed by atoms with Crippen LogP contribution in [-0.2, 0) is 0 Å². The number of carbonyl (C=O) groups is 1. The van der Waals surface area contributed by atoms with Crippen LogP contribution in [0.1, 0.15) is 43.0 Å². The van der Waals surface area contributed by atoms with Crippen LogP contribution < -0.4 is 5.32 Å². The van der Waals surface area contributed by atoms with Crippen LogP contribution in [0.4, 0.5) is 0 Å². The van der Waals surface area contributed by atoms with Crippen molar-refractivity contribution in [1.29, 1.82) is 0 Å². The number of nitrogens with one attached hydrogen (secondary N) is 1. The number of Topliss-reactive ketones (excluding diaryl/α,β-unsaturated/α-hetero) is 1. The zero-order valence-electron chi connectivity index (χ0n) is 11.1. The van der Waals surface area contributed by atoms with E-state index in [1.165, 1.54) is 0 Å². The van der Waals surface area contributed by atoms with Crippen molar-refractivity contribution in [2.75, 3.05) is 13.1 Å². The molecule has 0 bridgehead atoms. The quantitative estimate of drug-likeness (QED) is 0.838. The molecule has 0 spiro atoms. The predicted molar refractivity (Wildman–Crippen MR) is 80.2 cm³/mol. The van der Waals surface area contributed by atoms with Crippen LogP contribution in [0, 0.1) is 5.41 Å². The highest BCUT2D eigenvalue weighted by atomic mass is 35.5. The van der Waals surface area contributed by atoms with Crippen molar-refractivity contribution < 1.29 is 4.79 Å². The van der Waals surface area contributed by atoms with Gasteiger partial charge in [-0.2, -0.15) is 0 Å². The van der Waals surface area contributed by atoms with Gasteiger partial charge >= 0.3 is 0 Å². The summed E-state index contributed by atoms with van der Waals surface area (Å²) in [6.45, 7) is 3.91. The zero-order valence-corrected chi connectivity index (χ0v) is 12.7. The molecule has 104 valence electrons. The molecule has 0 saturated carbocycles. The predicted octanol–water partition coefficient (Wildman–Crippen LogP) is 4.35. The van der Waals surface area contributed by atoms with Crippen LogP contribution in [0.3, 0.4) is 0 Å². The van der Waals surface area contributed by atoms with Crippen molar-refractivity contribution in [2.45, 2.75) is 32.6 Å². The molecular weight excluding hydrogens is 281 g/mol. The molecule has 4 heteroatoms. The summed E-state index contributed by atoms with van der Waals surface area (Å²) in [7, 11) is 0. The maximum absolute atomic E-state index is 12.9. The van der Waals surface area contributed by atoms with E-state index in [4.69, 9.17) is 23.2 Å². The lowest BCUT2D eigenvalue weighted by molar-refractivity contribution is 0.0704. The first-order chi connectivity index (χ1) is 9.10. The van der Waals surface area contributed by atoms with E-state index >= 15 is 0 Å². The lowest BCUT2D eigenvalue weighted by Crippen LogP contribution is -2.42. The van der Waals surface area contributed by atoms with E-state index in [2.05, 4.69) is 12.2 Å². The number of rotatable bonds is 4. The Kier molecular flexibility index (Phi) is 4.88. The third-order valence-corrected chi connectivity index (χ3v) is 4.79. The lowest BCUT2D eigenvalue weighted by atomic mass is 9.70. The van der Waals surface area contributed by atoms with E-state index in [0.29, 0.717) is 15.6 Å². The number of carbonyl (C=O) groups excluding carboxylic acids is 1. The highest BCUT2D eigenvalue weighted by Crippen LogP contribution is 2.40. The Bertz CT molecular complexity index is 462. The first-order valence-electron chi connectivity index (χ1n) is 6.80. The smallest absolute Gasteiger partial charge is 0.170 e. The van der Waals surface area contributed by atoms with Crippen molar-refractivity contribution in [2.24, 2.45) is 5.41 Å². The maximum Gasteiger partial charge on any atom is 0.170 e. The van der Waals surface area contributed by atoms with E-state index in [9.17, 15) is 4.79 Å². The monoisotopic (exact) mass is 299 g/mol. The van der Waals surface area contributed by atoms with Gasteiger partial charge in [-0.1, -0.05) is 42.6 Å². The molecule has 0 aliphatic carbocycles. The van der Waals surface area contributed by atoms with Gasteiger partial charge in [-0.25, -0.2) is 0 Å². The molecule has 2 rings (SSSR count). The summed E-state index contributed by atoms with van der Waals surface area (Å²) < 4.78 is 0. The Morgan fingerprint density at radius 1 is 1.32 bits per heavy atom. The van der Waals surface area contributed by atoms with Crippen LogP contribution in [0.15, 0.2) is 18.2 Å². The molecule has 19 heavy (non-hydrogen) atoms. The fraction of sp³-hybridized carbons (Fsp3) is 0.533. The molecule has 1 N–H and O–H groups in total. The van der Waals surface area contributed by atoms with Gasteiger partial charge in [-0.3, -0.25) is 4.79 Å². The average Bonchev–Trinajstić information content (AvgIpc) is 2.42. The van der Waals surface area contributed by atoms with Crippen molar-refractivity contribution in [1.82, 2.24) is 5.32 Å². The summed E-state index contributed by atoms with van der Waals surface area (Å²) in [6, 6.07) is 5.30. The average molecular weight is 300 g/mol. The third-order valence-electron chi connectivity index (χ3n) is 3.97. The Morgan fingerprint density at radius 3 is 2.63 bits per heavy atom. The van der Waals surface area contributed by atoms with Gasteiger partial charge in [0.1, 0.15) is 0 Å². The fourth-order valence-electron chi connectivity index (χ4n) is 2.94. The normalized spacial score (nSPS) is 18.3. The number of hydrogen-bond acceptors (Lipinski definition) is 2. The number of hydrogen-bond donors (Lipinski definition) is 1. The Hall–Kier alpha value is -0.570. The van der Waals surface area contributed by atoms with Gasteiger partial charge in [0.2, 0.25) is 0 Å². The zero-order chi connectivity index (χ0) is 13.9. The van der Waals surface area contributed by atoms with Gasteiger partial charge in [-0.15, -0.1) is 0 Å². The van der Waals surface area contributed by atoms with E-state index in [0.717, 1.165) is 38.8 Å². The van der Waals surface area contributed by atoms with Gasteiger partial charge in [-0.05, 0) is 44.5 Å². The first-order valence-corrected chi connectivity index (χ1v) is 7.56. The van der Waals surface area contributed by atoms with Gasteiger partial charge in [0.25, 0.3) is 0 Å². The molecule has 1 aromatic rings. The molecule has 1 aliphatic heterocycles. The van der Waals surface area contributed by atoms with E-state index < -0.39 is 0 Å². The molecule has 0 unspecified atom stereocenters. The van der Waals surface area contributed by atoms with Gasteiger partial charge in [0.05, 0.1) is 10.0 Å². The van der Waals surface area contributed by atoms with Crippen LogP contribution in [-0.4, -0.2) is 18.9 Å². The minimum Gasteiger partial charge on any atom is -0.317 e. The SMILES string of the molecule is CCCC1(C(=O)c2cccc(Cl)c2Cl)CCNCC1. The number of piperidine rings is 1. The number of benzene rings is 1. The third kappa shape index (κ3) is 2.96. The van der Waals surface area contributed by atoms with Gasteiger partial charge < -0.3 is 5.32 Å². The van der Waals surface area contributed by atoms with E-state index in [1.54, 1.807) is 18.2 Å². The second kappa shape index (κ2) is 6.25. The second-order valence-corrected chi connectivity index (χ2v) is 6.00. The summed E-state index contributed by atoms with van der Waals surface area (Å²) in [5, 5.41) is 4.16. The van der Waals surface area contributed by atoms with E-state index in [1.807, 2.05) is 0 Å². The molecule has 0 amide bonds. The van der Waals surface area contributed by atoms with Crippen molar-refractivity contribution in [3.05, 3.63) is 33.8 Å². The van der Waals surface area contributed by atoms with Crippen molar-refractivity contribution in [3.8, 4) is 0 Å². The van der Waals surface area contributed by atoms with Crippen LogP contribution in [0.2, 0.25) is 10.0 Å². The fourth-order valence-corrected chi connectivity index (χ4v) is 3.33. The Labute approximate surface area is 124 Å². The Morgan fingerprint density at radius 2 is 2.00 bits per heavy atom.